The van der Waals surface area contributed by atoms with Crippen LogP contribution in [0.1, 0.15) is 20.7 Å². The minimum Gasteiger partial charge on any atom is -0.545 e. The first-order valence-electron chi connectivity index (χ1n) is 5.94. The number of hydrogen-bond donors (Lipinski definition) is 0. The summed E-state index contributed by atoms with van der Waals surface area (Å²) in [6, 6.07) is 11.3. The van der Waals surface area contributed by atoms with Gasteiger partial charge in [-0.2, -0.15) is 0 Å². The Labute approximate surface area is 181 Å². The molecule has 0 atom stereocenters. The summed E-state index contributed by atoms with van der Waals surface area (Å²) in [6.45, 7) is 0. The number of benzene rings is 2. The van der Waals surface area contributed by atoms with Crippen molar-refractivity contribution in [3.8, 4) is 11.5 Å². The summed E-state index contributed by atoms with van der Waals surface area (Å²) in [6.07, 6.45) is 0. The molecule has 0 saturated heterocycles. The summed E-state index contributed by atoms with van der Waals surface area (Å²) in [5.41, 5.74) is -0.423. The van der Waals surface area contributed by atoms with Crippen molar-refractivity contribution in [3.05, 3.63) is 59.7 Å². The van der Waals surface area contributed by atoms with E-state index in [1.165, 1.54) is 48.5 Å². The summed E-state index contributed by atoms with van der Waals surface area (Å²) < 4.78 is 0. The van der Waals surface area contributed by atoms with Gasteiger partial charge >= 0.3 is 59.1 Å². The average Bonchev–Trinajstić information content (AvgIpc) is 2.52. The van der Waals surface area contributed by atoms with Crippen LogP contribution < -0.4 is 79.0 Å². The van der Waals surface area contributed by atoms with Gasteiger partial charge in [0, 0.05) is 11.1 Å². The van der Waals surface area contributed by atoms with Crippen LogP contribution in [0.4, 0.5) is 0 Å². The van der Waals surface area contributed by atoms with Crippen molar-refractivity contribution in [1.29, 1.82) is 0 Å². The maximum absolute atomic E-state index is 10.8. The molecule has 0 aliphatic carbocycles. The number of para-hydroxylation sites is 2. The molecule has 0 amide bonds. The number of carboxylic acid groups (broad SMARTS) is 2. The van der Waals surface area contributed by atoms with E-state index in [1.807, 2.05) is 0 Å². The average molecular weight is 346 g/mol. The molecule has 0 radical (unpaired) electrons. The van der Waals surface area contributed by atoms with Gasteiger partial charge in [0.2, 0.25) is 0 Å². The van der Waals surface area contributed by atoms with Crippen LogP contribution in [0.5, 0.6) is 11.5 Å². The Morgan fingerprint density at radius 3 is 1.38 bits per heavy atom. The molecule has 2 rings (SSSR count). The molecule has 0 N–H and O–H groups in total. The van der Waals surface area contributed by atoms with Crippen molar-refractivity contribution < 1.29 is 88.6 Å². The Hall–Kier alpha value is -1.42. The SMILES string of the molecule is O=C([O-])c1ccccc1ON=NOc1ccccc1C(=O)[O-].[Na+].[Na+]. The molecule has 10 heteroatoms. The molecule has 0 aliphatic heterocycles. The Morgan fingerprint density at radius 2 is 1.04 bits per heavy atom. The van der Waals surface area contributed by atoms with E-state index in [0.717, 1.165) is 0 Å². The molecule has 2 aromatic carbocycles. The van der Waals surface area contributed by atoms with Crippen molar-refractivity contribution in [2.24, 2.45) is 10.6 Å². The first-order valence-corrected chi connectivity index (χ1v) is 5.94. The number of aromatic carboxylic acids is 2. The Balaban J connectivity index is 0.00000264. The third kappa shape index (κ3) is 6.23. The summed E-state index contributed by atoms with van der Waals surface area (Å²) in [7, 11) is 0. The molecule has 0 fully saturated rings. The number of rotatable bonds is 6. The fraction of sp³-hybridized carbons (Fsp3) is 0. The van der Waals surface area contributed by atoms with E-state index in [0.29, 0.717) is 0 Å². The third-order valence-electron chi connectivity index (χ3n) is 2.53. The van der Waals surface area contributed by atoms with Gasteiger partial charge in [-0.3, -0.25) is 0 Å². The van der Waals surface area contributed by atoms with Gasteiger partial charge < -0.3 is 29.5 Å². The molecule has 0 bridgehead atoms. The maximum Gasteiger partial charge on any atom is 1.00 e. The summed E-state index contributed by atoms with van der Waals surface area (Å²) in [4.78, 5) is 31.2. The van der Waals surface area contributed by atoms with Gasteiger partial charge in [-0.1, -0.05) is 24.3 Å². The summed E-state index contributed by atoms with van der Waals surface area (Å²) >= 11 is 0. The van der Waals surface area contributed by atoms with E-state index < -0.39 is 11.9 Å². The predicted molar refractivity (Wildman–Crippen MR) is 67.7 cm³/mol. The molecule has 8 nitrogen and oxygen atoms in total. The Kier molecular flexibility index (Phi) is 10.5. The fourth-order valence-corrected chi connectivity index (χ4v) is 1.55. The van der Waals surface area contributed by atoms with E-state index in [2.05, 4.69) is 10.6 Å². The molecule has 112 valence electrons. The van der Waals surface area contributed by atoms with Crippen molar-refractivity contribution in [2.75, 3.05) is 0 Å². The van der Waals surface area contributed by atoms with Crippen LogP contribution >= 0.6 is 0 Å². The summed E-state index contributed by atoms with van der Waals surface area (Å²) in [5, 5.41) is 28.0. The Morgan fingerprint density at radius 1 is 0.708 bits per heavy atom. The standard InChI is InChI=1S/C14H10N2O6.2Na/c17-13(18)9-5-1-3-7-11(9)21-15-16-22-12-8-4-2-6-10(12)14(19)20;;/h1-8H,(H,17,18)(H,19,20);;/q;2*+1/p-2. The number of carbonyl (C=O) groups excluding carboxylic acids is 2. The van der Waals surface area contributed by atoms with Gasteiger partial charge in [-0.25, -0.2) is 0 Å². The van der Waals surface area contributed by atoms with Gasteiger partial charge in [0.05, 0.1) is 22.5 Å². The second kappa shape index (κ2) is 11.2. The summed E-state index contributed by atoms with van der Waals surface area (Å²) in [5.74, 6) is -3.06. The monoisotopic (exact) mass is 346 g/mol. The quantitative estimate of drug-likeness (QED) is 0.292. The molecule has 24 heavy (non-hydrogen) atoms. The van der Waals surface area contributed by atoms with Crippen molar-refractivity contribution in [2.45, 2.75) is 0 Å². The first kappa shape index (κ1) is 22.6. The van der Waals surface area contributed by atoms with Crippen LogP contribution in [0.2, 0.25) is 0 Å². The third-order valence-corrected chi connectivity index (χ3v) is 2.53. The van der Waals surface area contributed by atoms with Crippen LogP contribution in [0, 0.1) is 0 Å². The van der Waals surface area contributed by atoms with Gasteiger partial charge in [-0.15, -0.1) is 0 Å². The van der Waals surface area contributed by atoms with Crippen LogP contribution in [-0.4, -0.2) is 11.9 Å². The molecule has 2 aromatic rings. The molecule has 0 spiro atoms. The van der Waals surface area contributed by atoms with Gasteiger partial charge in [0.25, 0.3) is 0 Å². The normalized spacial score (nSPS) is 9.50. The van der Waals surface area contributed by atoms with E-state index in [-0.39, 0.29) is 81.7 Å². The van der Waals surface area contributed by atoms with Gasteiger partial charge in [0.15, 0.2) is 11.5 Å². The minimum atomic E-state index is -1.44. The van der Waals surface area contributed by atoms with E-state index in [9.17, 15) is 19.8 Å². The number of carbonyl (C=O) groups is 2. The fourth-order valence-electron chi connectivity index (χ4n) is 1.55. The minimum absolute atomic E-state index is 0. The van der Waals surface area contributed by atoms with Gasteiger partial charge in [0.1, 0.15) is 0 Å². The number of nitrogens with zero attached hydrogens (tertiary/aromatic N) is 2. The van der Waals surface area contributed by atoms with Crippen molar-refractivity contribution in [3.63, 3.8) is 0 Å². The molecular weight excluding hydrogens is 338 g/mol. The van der Waals surface area contributed by atoms with Crippen molar-refractivity contribution in [1.82, 2.24) is 0 Å². The van der Waals surface area contributed by atoms with E-state index in [1.54, 1.807) is 0 Å². The van der Waals surface area contributed by atoms with Crippen molar-refractivity contribution >= 4 is 11.9 Å². The van der Waals surface area contributed by atoms with Crippen LogP contribution in [0.25, 0.3) is 0 Å². The zero-order chi connectivity index (χ0) is 15.9. The van der Waals surface area contributed by atoms with Crippen LogP contribution in [0.15, 0.2) is 59.1 Å². The molecule has 0 aliphatic rings. The Bertz CT molecular complexity index is 677. The smallest absolute Gasteiger partial charge is 0.545 e. The maximum atomic E-state index is 10.8. The van der Waals surface area contributed by atoms with Crippen LogP contribution in [0.3, 0.4) is 0 Å². The topological polar surface area (TPSA) is 123 Å². The van der Waals surface area contributed by atoms with Gasteiger partial charge in [-0.05, 0) is 24.3 Å². The predicted octanol–water partition coefficient (Wildman–Crippen LogP) is -5.84. The molecule has 0 saturated carbocycles. The second-order valence-electron chi connectivity index (χ2n) is 3.91. The number of hydrogen-bond acceptors (Lipinski definition) is 8. The molecule has 0 unspecified atom stereocenters. The largest absolute Gasteiger partial charge is 1.00 e. The molecule has 0 aromatic heterocycles. The zero-order valence-electron chi connectivity index (χ0n) is 13.0. The van der Waals surface area contributed by atoms with Crippen LogP contribution in [-0.2, 0) is 0 Å². The number of carboxylic acids is 2. The zero-order valence-corrected chi connectivity index (χ0v) is 17.0. The van der Waals surface area contributed by atoms with E-state index >= 15 is 0 Å². The van der Waals surface area contributed by atoms with E-state index in [4.69, 9.17) is 9.68 Å². The second-order valence-corrected chi connectivity index (χ2v) is 3.91. The first-order chi connectivity index (χ1) is 10.6. The molecule has 0 heterocycles. The molecular formula is C14H8N2Na2O6.